The van der Waals surface area contributed by atoms with E-state index in [4.69, 9.17) is 9.47 Å². The molecule has 226 valence electrons. The number of aromatic nitrogens is 1. The topological polar surface area (TPSA) is 87.2 Å². The molecule has 2 aliphatic heterocycles. The monoisotopic (exact) mass is 578 g/mol. The van der Waals surface area contributed by atoms with Gasteiger partial charge >= 0.3 is 0 Å². The quantitative estimate of drug-likeness (QED) is 0.229. The van der Waals surface area contributed by atoms with E-state index in [0.29, 0.717) is 55.9 Å². The number of alkyl halides is 1. The first-order chi connectivity index (χ1) is 20.5. The average Bonchev–Trinajstić information content (AvgIpc) is 3.04. The van der Waals surface area contributed by atoms with Crippen LogP contribution < -0.4 is 10.2 Å². The van der Waals surface area contributed by atoms with Crippen molar-refractivity contribution in [3.8, 4) is 5.75 Å². The van der Waals surface area contributed by atoms with Crippen LogP contribution in [0.4, 0.5) is 4.39 Å². The number of methoxy groups -OCH3 is 1. The van der Waals surface area contributed by atoms with E-state index in [1.807, 2.05) is 29.7 Å². The van der Waals surface area contributed by atoms with Crippen LogP contribution in [0.1, 0.15) is 55.0 Å². The Morgan fingerprint density at radius 3 is 2.60 bits per heavy atom. The van der Waals surface area contributed by atoms with Crippen LogP contribution in [0.3, 0.4) is 0 Å². The number of fused-ring (bicyclic) bond motifs is 1. The van der Waals surface area contributed by atoms with Gasteiger partial charge in [0.15, 0.2) is 0 Å². The highest BCUT2D eigenvalue weighted by Crippen LogP contribution is 2.42. The minimum Gasteiger partial charge on any atom is -0.497 e. The van der Waals surface area contributed by atoms with Gasteiger partial charge < -0.3 is 14.4 Å². The number of hydrogen-bond acceptors (Lipinski definition) is 7. The highest BCUT2D eigenvalue weighted by Gasteiger charge is 2.41. The van der Waals surface area contributed by atoms with Crippen molar-refractivity contribution in [3.05, 3.63) is 71.4 Å². The standard InChI is InChI=1S/C33H43FN4O4/c1-41-27-9-10-30-28(22-27)31(26(23-35-30)24-38-18-20-42-21-19-38)29(34)11-12-33(32(39)36-40)13-16-37(17-14-33)15-5-8-25-6-3-2-4-7-25/h2-4,6-7,9-10,22-23,29,40H,5,8,11-21,24H2,1H3,(H,36,39). The third-order valence-electron chi connectivity index (χ3n) is 9.07. The van der Waals surface area contributed by atoms with Gasteiger partial charge in [-0.05, 0) is 87.5 Å². The summed E-state index contributed by atoms with van der Waals surface area (Å²) in [4.78, 5) is 22.3. The lowest BCUT2D eigenvalue weighted by Crippen LogP contribution is -2.48. The molecule has 42 heavy (non-hydrogen) atoms. The van der Waals surface area contributed by atoms with Crippen molar-refractivity contribution in [2.45, 2.75) is 51.2 Å². The number of hydroxylamine groups is 1. The lowest BCUT2D eigenvalue weighted by molar-refractivity contribution is -0.143. The van der Waals surface area contributed by atoms with E-state index in [-0.39, 0.29) is 6.42 Å². The predicted octanol–water partition coefficient (Wildman–Crippen LogP) is 5.09. The van der Waals surface area contributed by atoms with E-state index < -0.39 is 17.5 Å². The molecular weight excluding hydrogens is 535 g/mol. The van der Waals surface area contributed by atoms with Gasteiger partial charge in [0.1, 0.15) is 11.9 Å². The largest absolute Gasteiger partial charge is 0.497 e. The number of piperidine rings is 1. The number of amides is 1. The first-order valence-corrected chi connectivity index (χ1v) is 15.1. The van der Waals surface area contributed by atoms with Gasteiger partial charge in [0, 0.05) is 36.8 Å². The van der Waals surface area contributed by atoms with Crippen molar-refractivity contribution in [2.75, 3.05) is 53.0 Å². The Labute approximate surface area is 247 Å². The van der Waals surface area contributed by atoms with Crippen molar-refractivity contribution in [3.63, 3.8) is 0 Å². The number of carbonyl (C=O) groups excluding carboxylic acids is 1. The molecule has 9 heteroatoms. The summed E-state index contributed by atoms with van der Waals surface area (Å²) < 4.78 is 27.5. The number of rotatable bonds is 12. The number of halogens is 1. The number of pyridine rings is 1. The highest BCUT2D eigenvalue weighted by molar-refractivity contribution is 5.85. The number of morpholine rings is 1. The summed E-state index contributed by atoms with van der Waals surface area (Å²) in [5.74, 6) is 0.241. The number of ether oxygens (including phenoxy) is 2. The molecule has 3 heterocycles. The Morgan fingerprint density at radius 1 is 1.12 bits per heavy atom. The Kier molecular flexibility index (Phi) is 10.4. The highest BCUT2D eigenvalue weighted by atomic mass is 19.1. The number of aryl methyl sites for hydroxylation is 1. The van der Waals surface area contributed by atoms with Crippen molar-refractivity contribution >= 4 is 16.8 Å². The lowest BCUT2D eigenvalue weighted by Gasteiger charge is -2.40. The fourth-order valence-corrected chi connectivity index (χ4v) is 6.47. The van der Waals surface area contributed by atoms with Gasteiger partial charge in [-0.15, -0.1) is 0 Å². The van der Waals surface area contributed by atoms with Crippen molar-refractivity contribution in [2.24, 2.45) is 5.41 Å². The number of nitrogens with zero attached hydrogens (tertiary/aromatic N) is 3. The second-order valence-corrected chi connectivity index (χ2v) is 11.6. The van der Waals surface area contributed by atoms with Gasteiger partial charge in [0.2, 0.25) is 5.91 Å². The summed E-state index contributed by atoms with van der Waals surface area (Å²) in [5.41, 5.74) is 4.60. The van der Waals surface area contributed by atoms with Crippen molar-refractivity contribution < 1.29 is 23.9 Å². The second-order valence-electron chi connectivity index (χ2n) is 11.6. The summed E-state index contributed by atoms with van der Waals surface area (Å²) in [6, 6.07) is 16.0. The van der Waals surface area contributed by atoms with Crippen LogP contribution in [0.15, 0.2) is 54.7 Å². The van der Waals surface area contributed by atoms with E-state index in [0.717, 1.165) is 56.5 Å². The maximum absolute atomic E-state index is 16.5. The van der Waals surface area contributed by atoms with Crippen LogP contribution in [-0.4, -0.2) is 78.9 Å². The van der Waals surface area contributed by atoms with Gasteiger partial charge in [-0.3, -0.25) is 19.9 Å². The normalized spacial score (nSPS) is 18.5. The molecule has 0 radical (unpaired) electrons. The molecule has 1 unspecified atom stereocenters. The molecule has 0 bridgehead atoms. The van der Waals surface area contributed by atoms with Crippen LogP contribution in [0.2, 0.25) is 0 Å². The second kappa shape index (κ2) is 14.4. The predicted molar refractivity (Wildman–Crippen MR) is 160 cm³/mol. The molecular formula is C33H43FN4O4. The first kappa shape index (κ1) is 30.4. The van der Waals surface area contributed by atoms with E-state index in [9.17, 15) is 10.0 Å². The maximum Gasteiger partial charge on any atom is 0.249 e. The van der Waals surface area contributed by atoms with Crippen LogP contribution in [0.25, 0.3) is 10.9 Å². The minimum atomic E-state index is -1.30. The van der Waals surface area contributed by atoms with Gasteiger partial charge in [-0.25, -0.2) is 9.87 Å². The van der Waals surface area contributed by atoms with E-state index in [1.165, 1.54) is 5.56 Å². The molecule has 2 saturated heterocycles. The Hall–Kier alpha value is -3.11. The smallest absolute Gasteiger partial charge is 0.249 e. The number of likely N-dealkylation sites (tertiary alicyclic amines) is 1. The van der Waals surface area contributed by atoms with Crippen molar-refractivity contribution in [1.29, 1.82) is 0 Å². The zero-order valence-corrected chi connectivity index (χ0v) is 24.6. The third-order valence-corrected chi connectivity index (χ3v) is 9.07. The van der Waals surface area contributed by atoms with Crippen LogP contribution >= 0.6 is 0 Å². The van der Waals surface area contributed by atoms with E-state index in [1.54, 1.807) is 13.3 Å². The van der Waals surface area contributed by atoms with Crippen LogP contribution in [-0.2, 0) is 22.5 Å². The molecule has 2 aromatic carbocycles. The molecule has 1 atom stereocenters. The molecule has 0 spiro atoms. The molecule has 1 amide bonds. The van der Waals surface area contributed by atoms with Gasteiger partial charge in [0.05, 0.1) is 31.3 Å². The molecule has 8 nitrogen and oxygen atoms in total. The van der Waals surface area contributed by atoms with Gasteiger partial charge in [-0.2, -0.15) is 0 Å². The summed E-state index contributed by atoms with van der Waals surface area (Å²) in [7, 11) is 1.60. The van der Waals surface area contributed by atoms with Gasteiger partial charge in [-0.1, -0.05) is 30.3 Å². The number of nitrogens with one attached hydrogen (secondary N) is 1. The third kappa shape index (κ3) is 7.26. The number of carbonyl (C=O) groups is 1. The molecule has 2 N–H and O–H groups in total. The van der Waals surface area contributed by atoms with E-state index in [2.05, 4.69) is 39.0 Å². The zero-order valence-electron chi connectivity index (χ0n) is 24.6. The van der Waals surface area contributed by atoms with Crippen molar-refractivity contribution in [1.82, 2.24) is 20.3 Å². The summed E-state index contributed by atoms with van der Waals surface area (Å²) in [6.07, 6.45) is 4.24. The molecule has 0 aliphatic carbocycles. The first-order valence-electron chi connectivity index (χ1n) is 15.1. The summed E-state index contributed by atoms with van der Waals surface area (Å²) in [5, 5.41) is 10.4. The average molecular weight is 579 g/mol. The minimum absolute atomic E-state index is 0.174. The fraction of sp³-hybridized carbons (Fsp3) is 0.515. The fourth-order valence-electron chi connectivity index (χ4n) is 6.47. The van der Waals surface area contributed by atoms with Crippen LogP contribution in [0.5, 0.6) is 5.75 Å². The lowest BCUT2D eigenvalue weighted by atomic mass is 9.73. The Morgan fingerprint density at radius 2 is 1.88 bits per heavy atom. The Balaban J connectivity index is 1.29. The molecule has 2 aliphatic rings. The molecule has 3 aromatic rings. The molecule has 2 fully saturated rings. The Bertz CT molecular complexity index is 1310. The maximum atomic E-state index is 16.5. The molecule has 0 saturated carbocycles. The van der Waals surface area contributed by atoms with E-state index >= 15 is 4.39 Å². The van der Waals surface area contributed by atoms with Gasteiger partial charge in [0.25, 0.3) is 0 Å². The summed E-state index contributed by atoms with van der Waals surface area (Å²) >= 11 is 0. The number of benzene rings is 2. The summed E-state index contributed by atoms with van der Waals surface area (Å²) in [6.45, 7) is 5.92. The van der Waals surface area contributed by atoms with Crippen LogP contribution in [0, 0.1) is 5.41 Å². The molecule has 1 aromatic heterocycles. The SMILES string of the molecule is COc1ccc2ncc(CN3CCOCC3)c(C(F)CCC3(C(=O)NO)CCN(CCCc4ccccc4)CC3)c2c1. The number of hydrogen-bond donors (Lipinski definition) is 2. The zero-order chi connectivity index (χ0) is 29.4. The molecule has 5 rings (SSSR count).